The monoisotopic (exact) mass is 126 g/mol. The maximum Gasteiger partial charge on any atom is 0.0247 e. The maximum absolute atomic E-state index is 5.93. The highest BCUT2D eigenvalue weighted by Crippen LogP contribution is 2.35. The fourth-order valence-corrected chi connectivity index (χ4v) is 2.32. The summed E-state index contributed by atoms with van der Waals surface area (Å²) in [6.45, 7) is 1.24. The molecule has 3 atom stereocenters. The molecule has 0 aromatic carbocycles. The van der Waals surface area contributed by atoms with Gasteiger partial charge in [0, 0.05) is 18.6 Å². The quantitative estimate of drug-likeness (QED) is 0.496. The zero-order valence-electron chi connectivity index (χ0n) is 5.88. The smallest absolute Gasteiger partial charge is 0.0247 e. The van der Waals surface area contributed by atoms with E-state index in [2.05, 4.69) is 11.9 Å². The van der Waals surface area contributed by atoms with Gasteiger partial charge in [0.1, 0.15) is 0 Å². The minimum Gasteiger partial charge on any atom is -0.326 e. The molecular formula is C7H14N2. The second-order valence-electron chi connectivity index (χ2n) is 3.42. The Morgan fingerprint density at radius 3 is 2.44 bits per heavy atom. The molecule has 2 N–H and O–H groups in total. The summed E-state index contributed by atoms with van der Waals surface area (Å²) >= 11 is 0. The van der Waals surface area contributed by atoms with Gasteiger partial charge in [-0.2, -0.15) is 0 Å². The van der Waals surface area contributed by atoms with Gasteiger partial charge in [0.05, 0.1) is 0 Å². The summed E-state index contributed by atoms with van der Waals surface area (Å²) in [5, 5.41) is 0. The molecule has 2 heteroatoms. The topological polar surface area (TPSA) is 29.3 Å². The molecule has 2 rings (SSSR count). The molecule has 3 unspecified atom stereocenters. The average molecular weight is 126 g/mol. The molecule has 2 fully saturated rings. The average Bonchev–Trinajstić information content (AvgIpc) is 2.25. The summed E-state index contributed by atoms with van der Waals surface area (Å²) in [7, 11) is 2.18. The number of likely N-dealkylation sites (N-methyl/N-ethyl adjacent to an activating group) is 1. The van der Waals surface area contributed by atoms with Crippen molar-refractivity contribution in [2.75, 3.05) is 13.6 Å². The molecule has 0 aromatic rings. The van der Waals surface area contributed by atoms with E-state index < -0.39 is 0 Å². The van der Waals surface area contributed by atoms with Crippen LogP contribution in [-0.2, 0) is 0 Å². The molecule has 0 spiro atoms. The molecular weight excluding hydrogens is 112 g/mol. The van der Waals surface area contributed by atoms with Crippen LogP contribution in [0.1, 0.15) is 12.8 Å². The van der Waals surface area contributed by atoms with Gasteiger partial charge >= 0.3 is 0 Å². The first-order valence-corrected chi connectivity index (χ1v) is 3.75. The molecule has 0 amide bonds. The number of hydrogen-bond donors (Lipinski definition) is 1. The van der Waals surface area contributed by atoms with Crippen LogP contribution in [0.25, 0.3) is 0 Å². The Morgan fingerprint density at radius 2 is 2.22 bits per heavy atom. The third-order valence-corrected chi connectivity index (χ3v) is 2.91. The largest absolute Gasteiger partial charge is 0.326 e. The van der Waals surface area contributed by atoms with Gasteiger partial charge in [-0.3, -0.25) is 0 Å². The first-order chi connectivity index (χ1) is 4.29. The number of piperidine rings is 1. The second-order valence-corrected chi connectivity index (χ2v) is 3.42. The molecule has 1 aliphatic heterocycles. The molecule has 2 bridgehead atoms. The van der Waals surface area contributed by atoms with Gasteiger partial charge in [-0.05, 0) is 25.8 Å². The van der Waals surface area contributed by atoms with Crippen molar-refractivity contribution in [2.45, 2.75) is 24.9 Å². The van der Waals surface area contributed by atoms with Crippen molar-refractivity contribution < 1.29 is 0 Å². The summed E-state index contributed by atoms with van der Waals surface area (Å²) < 4.78 is 0. The van der Waals surface area contributed by atoms with Gasteiger partial charge in [-0.15, -0.1) is 0 Å². The van der Waals surface area contributed by atoms with Crippen LogP contribution >= 0.6 is 0 Å². The van der Waals surface area contributed by atoms with E-state index in [1.165, 1.54) is 19.4 Å². The van der Waals surface area contributed by atoms with E-state index in [4.69, 9.17) is 5.73 Å². The molecule has 9 heavy (non-hydrogen) atoms. The number of likely N-dealkylation sites (tertiary alicyclic amines) is 1. The fraction of sp³-hybridized carbons (Fsp3) is 1.00. The first-order valence-electron chi connectivity index (χ1n) is 3.75. The highest BCUT2D eigenvalue weighted by molar-refractivity contribution is 5.00. The SMILES string of the molecule is CN1CC2CCC1C2N. The lowest BCUT2D eigenvalue weighted by atomic mass is 10.1. The van der Waals surface area contributed by atoms with Gasteiger partial charge in [0.25, 0.3) is 0 Å². The van der Waals surface area contributed by atoms with Gasteiger partial charge in [-0.25, -0.2) is 0 Å². The fourth-order valence-electron chi connectivity index (χ4n) is 2.32. The van der Waals surface area contributed by atoms with E-state index in [0.717, 1.165) is 12.0 Å². The van der Waals surface area contributed by atoms with Crippen molar-refractivity contribution in [3.63, 3.8) is 0 Å². The van der Waals surface area contributed by atoms with Crippen LogP contribution < -0.4 is 5.73 Å². The van der Waals surface area contributed by atoms with Crippen LogP contribution in [0.5, 0.6) is 0 Å². The first kappa shape index (κ1) is 5.69. The Morgan fingerprint density at radius 1 is 1.44 bits per heavy atom. The van der Waals surface area contributed by atoms with E-state index in [1.807, 2.05) is 0 Å². The molecule has 1 aliphatic carbocycles. The Hall–Kier alpha value is -0.0800. The standard InChI is InChI=1S/C7H14N2/c1-9-4-5-2-3-6(9)7(5)8/h5-7H,2-4,8H2,1H3. The van der Waals surface area contributed by atoms with Crippen molar-refractivity contribution in [1.82, 2.24) is 4.90 Å². The van der Waals surface area contributed by atoms with E-state index in [1.54, 1.807) is 0 Å². The molecule has 1 saturated carbocycles. The Kier molecular flexibility index (Phi) is 1.08. The Balaban J connectivity index is 2.16. The Bertz CT molecular complexity index is 124. The van der Waals surface area contributed by atoms with Gasteiger partial charge < -0.3 is 10.6 Å². The molecule has 52 valence electrons. The van der Waals surface area contributed by atoms with Crippen LogP contribution in [0, 0.1) is 5.92 Å². The zero-order valence-corrected chi connectivity index (χ0v) is 5.88. The number of nitrogens with two attached hydrogens (primary N) is 1. The highest BCUT2D eigenvalue weighted by Gasteiger charge is 2.42. The van der Waals surface area contributed by atoms with Crippen molar-refractivity contribution in [1.29, 1.82) is 0 Å². The van der Waals surface area contributed by atoms with E-state index in [0.29, 0.717) is 6.04 Å². The predicted molar refractivity (Wildman–Crippen MR) is 37.1 cm³/mol. The number of hydrogen-bond acceptors (Lipinski definition) is 2. The zero-order chi connectivity index (χ0) is 6.43. The number of fused-ring (bicyclic) bond motifs is 2. The van der Waals surface area contributed by atoms with Crippen LogP contribution in [-0.4, -0.2) is 30.6 Å². The van der Waals surface area contributed by atoms with Crippen molar-refractivity contribution >= 4 is 0 Å². The number of rotatable bonds is 0. The Labute approximate surface area is 56.0 Å². The van der Waals surface area contributed by atoms with Crippen molar-refractivity contribution in [2.24, 2.45) is 11.7 Å². The molecule has 0 aromatic heterocycles. The summed E-state index contributed by atoms with van der Waals surface area (Å²) in [4.78, 5) is 2.40. The van der Waals surface area contributed by atoms with Crippen molar-refractivity contribution in [3.8, 4) is 0 Å². The maximum atomic E-state index is 5.93. The van der Waals surface area contributed by atoms with E-state index >= 15 is 0 Å². The van der Waals surface area contributed by atoms with Gasteiger partial charge in [0.15, 0.2) is 0 Å². The number of nitrogens with zero attached hydrogens (tertiary/aromatic N) is 1. The molecule has 2 nitrogen and oxygen atoms in total. The third-order valence-electron chi connectivity index (χ3n) is 2.91. The van der Waals surface area contributed by atoms with Crippen molar-refractivity contribution in [3.05, 3.63) is 0 Å². The summed E-state index contributed by atoms with van der Waals surface area (Å²) in [5.74, 6) is 0.819. The second kappa shape index (κ2) is 1.70. The summed E-state index contributed by atoms with van der Waals surface area (Å²) in [5.41, 5.74) is 5.93. The molecule has 1 saturated heterocycles. The lowest BCUT2D eigenvalue weighted by Gasteiger charge is -2.21. The lowest BCUT2D eigenvalue weighted by Crippen LogP contribution is -2.34. The minimum atomic E-state index is 0.495. The van der Waals surface area contributed by atoms with Gasteiger partial charge in [-0.1, -0.05) is 0 Å². The molecule has 0 radical (unpaired) electrons. The van der Waals surface area contributed by atoms with Crippen LogP contribution in [0.3, 0.4) is 0 Å². The normalized spacial score (nSPS) is 50.7. The van der Waals surface area contributed by atoms with E-state index in [9.17, 15) is 0 Å². The van der Waals surface area contributed by atoms with Crippen LogP contribution in [0.15, 0.2) is 0 Å². The van der Waals surface area contributed by atoms with Gasteiger partial charge in [0.2, 0.25) is 0 Å². The molecule has 1 heterocycles. The lowest BCUT2D eigenvalue weighted by molar-refractivity contribution is 0.259. The highest BCUT2D eigenvalue weighted by atomic mass is 15.2. The summed E-state index contributed by atoms with van der Waals surface area (Å²) in [6.07, 6.45) is 2.71. The minimum absolute atomic E-state index is 0.495. The summed E-state index contributed by atoms with van der Waals surface area (Å²) in [6, 6.07) is 1.21. The third kappa shape index (κ3) is 0.634. The van der Waals surface area contributed by atoms with E-state index in [-0.39, 0.29) is 0 Å². The van der Waals surface area contributed by atoms with Crippen LogP contribution in [0.4, 0.5) is 0 Å². The van der Waals surface area contributed by atoms with Crippen LogP contribution in [0.2, 0.25) is 0 Å². The molecule has 2 aliphatic rings. The predicted octanol–water partition coefficient (Wildman–Crippen LogP) is 0.0377.